The molecule has 4 rings (SSSR count). The Hall–Kier alpha value is -2.05. The number of hydrogen-bond acceptors (Lipinski definition) is 5. The first kappa shape index (κ1) is 14.5. The van der Waals surface area contributed by atoms with Gasteiger partial charge in [0.15, 0.2) is 0 Å². The highest BCUT2D eigenvalue weighted by Gasteiger charge is 2.29. The molecule has 23 heavy (non-hydrogen) atoms. The smallest absolute Gasteiger partial charge is 0.226 e. The van der Waals surface area contributed by atoms with Gasteiger partial charge in [0.05, 0.1) is 18.4 Å². The van der Waals surface area contributed by atoms with Gasteiger partial charge in [-0.15, -0.1) is 0 Å². The van der Waals surface area contributed by atoms with E-state index >= 15 is 0 Å². The molecule has 0 atom stereocenters. The van der Waals surface area contributed by atoms with Crippen LogP contribution in [0.15, 0.2) is 18.2 Å². The molecule has 2 N–H and O–H groups in total. The second-order valence-electron chi connectivity index (χ2n) is 6.17. The van der Waals surface area contributed by atoms with E-state index in [4.69, 9.17) is 5.11 Å². The lowest BCUT2D eigenvalue weighted by Crippen LogP contribution is -2.51. The number of fused-ring (bicyclic) bond motifs is 1. The fourth-order valence-electron chi connectivity index (χ4n) is 3.24. The summed E-state index contributed by atoms with van der Waals surface area (Å²) in [6.45, 7) is 0.761. The summed E-state index contributed by atoms with van der Waals surface area (Å²) in [4.78, 5) is 11.2. The van der Waals surface area contributed by atoms with Gasteiger partial charge in [0.2, 0.25) is 5.95 Å². The van der Waals surface area contributed by atoms with Crippen molar-refractivity contribution in [3.8, 4) is 11.3 Å². The standard InChI is InChI=1S/C17H18FN3O2/c18-14-6-10(4-5-11(14)9-22)16-13-2-1-3-15(13)19-17(20-16)21-7-12(23)8-21/h4-6,12,22-23H,1-3,7-9H2. The maximum absolute atomic E-state index is 14.0. The van der Waals surface area contributed by atoms with Crippen LogP contribution in [0.1, 0.15) is 23.2 Å². The Bertz CT molecular complexity index is 760. The zero-order valence-electron chi connectivity index (χ0n) is 12.7. The minimum atomic E-state index is -0.420. The monoisotopic (exact) mass is 315 g/mol. The number of benzene rings is 1. The highest BCUT2D eigenvalue weighted by molar-refractivity contribution is 5.67. The lowest BCUT2D eigenvalue weighted by atomic mass is 10.0. The summed E-state index contributed by atoms with van der Waals surface area (Å²) in [6.07, 6.45) is 2.51. The van der Waals surface area contributed by atoms with Crippen LogP contribution in [-0.4, -0.2) is 39.4 Å². The first-order valence-electron chi connectivity index (χ1n) is 7.88. The van der Waals surface area contributed by atoms with Crippen LogP contribution in [0.3, 0.4) is 0 Å². The molecule has 1 aliphatic carbocycles. The largest absolute Gasteiger partial charge is 0.392 e. The van der Waals surface area contributed by atoms with E-state index in [9.17, 15) is 9.50 Å². The summed E-state index contributed by atoms with van der Waals surface area (Å²) in [6, 6.07) is 4.83. The van der Waals surface area contributed by atoms with Crippen molar-refractivity contribution in [2.45, 2.75) is 32.0 Å². The third-order valence-electron chi connectivity index (χ3n) is 4.56. The van der Waals surface area contributed by atoms with Gasteiger partial charge in [-0.05, 0) is 25.3 Å². The molecule has 2 heterocycles. The number of anilines is 1. The molecule has 1 aromatic carbocycles. The number of rotatable bonds is 3. The van der Waals surface area contributed by atoms with Crippen molar-refractivity contribution in [2.75, 3.05) is 18.0 Å². The Kier molecular flexibility index (Phi) is 3.50. The minimum absolute atomic E-state index is 0.283. The Morgan fingerprint density at radius 1 is 1.22 bits per heavy atom. The third kappa shape index (κ3) is 2.48. The topological polar surface area (TPSA) is 69.5 Å². The van der Waals surface area contributed by atoms with E-state index in [2.05, 4.69) is 9.97 Å². The number of aryl methyl sites for hydroxylation is 1. The lowest BCUT2D eigenvalue weighted by Gasteiger charge is -2.36. The second-order valence-corrected chi connectivity index (χ2v) is 6.17. The fourth-order valence-corrected chi connectivity index (χ4v) is 3.24. The van der Waals surface area contributed by atoms with Gasteiger partial charge in [0.25, 0.3) is 0 Å². The zero-order chi connectivity index (χ0) is 16.0. The Balaban J connectivity index is 1.79. The van der Waals surface area contributed by atoms with Crippen molar-refractivity contribution in [2.24, 2.45) is 0 Å². The van der Waals surface area contributed by atoms with Gasteiger partial charge in [-0.25, -0.2) is 14.4 Å². The summed E-state index contributed by atoms with van der Waals surface area (Å²) >= 11 is 0. The molecule has 0 bridgehead atoms. The molecule has 0 radical (unpaired) electrons. The molecule has 5 nitrogen and oxygen atoms in total. The van der Waals surface area contributed by atoms with Crippen LogP contribution < -0.4 is 4.90 Å². The molecule has 0 spiro atoms. The zero-order valence-corrected chi connectivity index (χ0v) is 12.7. The Labute approximate surface area is 133 Å². The summed E-state index contributed by atoms with van der Waals surface area (Å²) in [5, 5.41) is 18.6. The van der Waals surface area contributed by atoms with Gasteiger partial charge in [-0.2, -0.15) is 0 Å². The molecule has 0 saturated carbocycles. The molecule has 1 saturated heterocycles. The molecule has 1 aromatic heterocycles. The predicted octanol–water partition coefficient (Wildman–Crippen LogP) is 1.44. The van der Waals surface area contributed by atoms with Crippen LogP contribution in [0.25, 0.3) is 11.3 Å². The summed E-state index contributed by atoms with van der Waals surface area (Å²) in [5.74, 6) is 0.189. The molecule has 2 aliphatic rings. The molecular formula is C17H18FN3O2. The molecule has 120 valence electrons. The van der Waals surface area contributed by atoms with Gasteiger partial charge in [-0.3, -0.25) is 0 Å². The van der Waals surface area contributed by atoms with Crippen molar-refractivity contribution in [3.63, 3.8) is 0 Å². The van der Waals surface area contributed by atoms with E-state index in [1.165, 1.54) is 6.07 Å². The quantitative estimate of drug-likeness (QED) is 0.897. The maximum atomic E-state index is 14.0. The van der Waals surface area contributed by atoms with E-state index < -0.39 is 5.82 Å². The molecule has 6 heteroatoms. The summed E-state index contributed by atoms with van der Waals surface area (Å²) in [5.41, 5.74) is 3.88. The molecule has 0 unspecified atom stereocenters. The number of aliphatic hydroxyl groups excluding tert-OH is 2. The van der Waals surface area contributed by atoms with Gasteiger partial charge in [0.1, 0.15) is 5.82 Å². The normalized spacial score (nSPS) is 17.3. The van der Waals surface area contributed by atoms with Crippen LogP contribution in [0, 0.1) is 5.82 Å². The molecule has 2 aromatic rings. The number of nitrogens with zero attached hydrogens (tertiary/aromatic N) is 3. The van der Waals surface area contributed by atoms with Crippen molar-refractivity contribution in [1.82, 2.24) is 9.97 Å². The number of aliphatic hydroxyl groups is 2. The van der Waals surface area contributed by atoms with Crippen LogP contribution >= 0.6 is 0 Å². The van der Waals surface area contributed by atoms with Crippen molar-refractivity contribution in [3.05, 3.63) is 40.8 Å². The molecular weight excluding hydrogens is 297 g/mol. The highest BCUT2D eigenvalue weighted by atomic mass is 19.1. The number of halogens is 1. The van der Waals surface area contributed by atoms with Crippen molar-refractivity contribution < 1.29 is 14.6 Å². The number of β-amino-alcohol motifs (C(OH)–C–C–N with tert-alkyl or cyclic N) is 1. The fraction of sp³-hybridized carbons (Fsp3) is 0.412. The van der Waals surface area contributed by atoms with E-state index in [1.54, 1.807) is 12.1 Å². The van der Waals surface area contributed by atoms with Crippen molar-refractivity contribution >= 4 is 5.95 Å². The lowest BCUT2D eigenvalue weighted by molar-refractivity contribution is 0.140. The van der Waals surface area contributed by atoms with Crippen LogP contribution in [0.4, 0.5) is 10.3 Å². The van der Waals surface area contributed by atoms with E-state index in [0.29, 0.717) is 24.6 Å². The molecule has 0 amide bonds. The summed E-state index contributed by atoms with van der Waals surface area (Å²) < 4.78 is 14.0. The van der Waals surface area contributed by atoms with Crippen LogP contribution in [0.5, 0.6) is 0 Å². The average Bonchev–Trinajstić information content (AvgIpc) is 2.99. The second kappa shape index (κ2) is 5.54. The molecule has 1 fully saturated rings. The van der Waals surface area contributed by atoms with E-state index in [0.717, 1.165) is 36.2 Å². The van der Waals surface area contributed by atoms with Crippen LogP contribution in [0.2, 0.25) is 0 Å². The molecule has 1 aliphatic heterocycles. The third-order valence-corrected chi connectivity index (χ3v) is 4.56. The highest BCUT2D eigenvalue weighted by Crippen LogP contribution is 2.33. The first-order chi connectivity index (χ1) is 11.2. The Morgan fingerprint density at radius 2 is 2.04 bits per heavy atom. The van der Waals surface area contributed by atoms with E-state index in [1.807, 2.05) is 4.90 Å². The first-order valence-corrected chi connectivity index (χ1v) is 7.88. The van der Waals surface area contributed by atoms with Gasteiger partial charge in [0, 0.05) is 35.5 Å². The predicted molar refractivity (Wildman–Crippen MR) is 83.6 cm³/mol. The maximum Gasteiger partial charge on any atom is 0.226 e. The van der Waals surface area contributed by atoms with E-state index in [-0.39, 0.29) is 18.3 Å². The van der Waals surface area contributed by atoms with Gasteiger partial charge in [-0.1, -0.05) is 12.1 Å². The number of hydrogen-bond donors (Lipinski definition) is 2. The SMILES string of the molecule is OCc1ccc(-c2nc(N3CC(O)C3)nc3c2CCC3)cc1F. The minimum Gasteiger partial charge on any atom is -0.392 e. The Morgan fingerprint density at radius 3 is 2.74 bits per heavy atom. The van der Waals surface area contributed by atoms with Gasteiger partial charge < -0.3 is 15.1 Å². The average molecular weight is 315 g/mol. The van der Waals surface area contributed by atoms with Gasteiger partial charge >= 0.3 is 0 Å². The van der Waals surface area contributed by atoms with Crippen molar-refractivity contribution in [1.29, 1.82) is 0 Å². The van der Waals surface area contributed by atoms with Crippen LogP contribution in [-0.2, 0) is 19.4 Å². The number of aromatic nitrogens is 2. The summed E-state index contributed by atoms with van der Waals surface area (Å²) in [7, 11) is 0.